The standard InChI is InChI=1S/C9H19N3O4S/c1-12(8-4-3-6-10-7-5-8)17(14,15)11-9(13)16-2/h8,10H,3-7H2,1-2H3,(H,11,13). The molecule has 1 fully saturated rings. The summed E-state index contributed by atoms with van der Waals surface area (Å²) in [5.41, 5.74) is 0. The summed E-state index contributed by atoms with van der Waals surface area (Å²) in [4.78, 5) is 10.9. The van der Waals surface area contributed by atoms with E-state index in [4.69, 9.17) is 0 Å². The van der Waals surface area contributed by atoms with Crippen molar-refractivity contribution in [1.29, 1.82) is 0 Å². The lowest BCUT2D eigenvalue weighted by molar-refractivity contribution is 0.176. The number of methoxy groups -OCH3 is 1. The fourth-order valence-corrected chi connectivity index (χ4v) is 2.82. The van der Waals surface area contributed by atoms with Crippen LogP contribution >= 0.6 is 0 Å². The highest BCUT2D eigenvalue weighted by Crippen LogP contribution is 2.14. The fraction of sp³-hybridized carbons (Fsp3) is 0.889. The van der Waals surface area contributed by atoms with Gasteiger partial charge in [-0.25, -0.2) is 9.52 Å². The molecule has 0 aliphatic carbocycles. The van der Waals surface area contributed by atoms with Crippen molar-refractivity contribution >= 4 is 16.3 Å². The molecular formula is C9H19N3O4S. The lowest BCUT2D eigenvalue weighted by Gasteiger charge is -2.25. The highest BCUT2D eigenvalue weighted by atomic mass is 32.2. The maximum atomic E-state index is 11.8. The molecule has 0 saturated carbocycles. The van der Waals surface area contributed by atoms with E-state index in [0.29, 0.717) is 0 Å². The Balaban J connectivity index is 2.66. The molecule has 1 heterocycles. The molecule has 7 nitrogen and oxygen atoms in total. The van der Waals surface area contributed by atoms with Gasteiger partial charge in [0.2, 0.25) is 0 Å². The van der Waals surface area contributed by atoms with E-state index >= 15 is 0 Å². The molecule has 1 atom stereocenters. The summed E-state index contributed by atoms with van der Waals surface area (Å²) in [6, 6.07) is -0.0906. The van der Waals surface area contributed by atoms with Crippen LogP contribution in [0.1, 0.15) is 19.3 Å². The first-order valence-corrected chi connectivity index (χ1v) is 6.96. The zero-order chi connectivity index (χ0) is 12.9. The summed E-state index contributed by atoms with van der Waals surface area (Å²) in [5.74, 6) is 0. The van der Waals surface area contributed by atoms with E-state index in [0.717, 1.165) is 39.5 Å². The van der Waals surface area contributed by atoms with E-state index < -0.39 is 16.3 Å². The van der Waals surface area contributed by atoms with Gasteiger partial charge in [0.1, 0.15) is 0 Å². The van der Waals surface area contributed by atoms with Gasteiger partial charge in [-0.3, -0.25) is 0 Å². The van der Waals surface area contributed by atoms with Gasteiger partial charge in [-0.05, 0) is 32.4 Å². The molecule has 1 aliphatic heterocycles. The van der Waals surface area contributed by atoms with Crippen LogP contribution in [-0.4, -0.2) is 52.1 Å². The minimum Gasteiger partial charge on any atom is -0.452 e. The number of amides is 1. The molecule has 0 aromatic carbocycles. The Bertz CT molecular complexity index is 349. The van der Waals surface area contributed by atoms with E-state index in [9.17, 15) is 13.2 Å². The summed E-state index contributed by atoms with van der Waals surface area (Å²) >= 11 is 0. The number of hydrogen-bond acceptors (Lipinski definition) is 5. The summed E-state index contributed by atoms with van der Waals surface area (Å²) in [6.07, 6.45) is 1.47. The lowest BCUT2D eigenvalue weighted by Crippen LogP contribution is -2.46. The third-order valence-corrected chi connectivity index (χ3v) is 4.32. The first kappa shape index (κ1) is 14.2. The van der Waals surface area contributed by atoms with Crippen molar-refractivity contribution in [2.24, 2.45) is 0 Å². The number of rotatable bonds is 3. The molecule has 1 amide bonds. The van der Waals surface area contributed by atoms with E-state index in [1.54, 1.807) is 0 Å². The van der Waals surface area contributed by atoms with Gasteiger partial charge in [0.15, 0.2) is 0 Å². The molecule has 2 N–H and O–H groups in total. The Morgan fingerprint density at radius 2 is 2.12 bits per heavy atom. The second-order valence-electron chi connectivity index (χ2n) is 3.95. The molecule has 8 heteroatoms. The van der Waals surface area contributed by atoms with Gasteiger partial charge < -0.3 is 10.1 Å². The number of carbonyl (C=O) groups excluding carboxylic acids is 1. The zero-order valence-electron chi connectivity index (χ0n) is 10.1. The Labute approximate surface area is 102 Å². The van der Waals surface area contributed by atoms with E-state index in [1.165, 1.54) is 11.4 Å². The van der Waals surface area contributed by atoms with Crippen molar-refractivity contribution in [2.75, 3.05) is 27.2 Å². The van der Waals surface area contributed by atoms with Crippen LogP contribution in [0.5, 0.6) is 0 Å². The second-order valence-corrected chi connectivity index (χ2v) is 5.68. The van der Waals surface area contributed by atoms with Crippen LogP contribution in [0.25, 0.3) is 0 Å². The van der Waals surface area contributed by atoms with E-state index in [2.05, 4.69) is 10.1 Å². The monoisotopic (exact) mass is 265 g/mol. The van der Waals surface area contributed by atoms with Crippen molar-refractivity contribution in [3.8, 4) is 0 Å². The van der Waals surface area contributed by atoms with Crippen LogP contribution < -0.4 is 10.0 Å². The zero-order valence-corrected chi connectivity index (χ0v) is 10.9. The molecule has 0 bridgehead atoms. The van der Waals surface area contributed by atoms with Crippen molar-refractivity contribution < 1.29 is 17.9 Å². The highest BCUT2D eigenvalue weighted by Gasteiger charge is 2.28. The Morgan fingerprint density at radius 3 is 2.76 bits per heavy atom. The predicted molar refractivity (Wildman–Crippen MR) is 62.7 cm³/mol. The van der Waals surface area contributed by atoms with Gasteiger partial charge >= 0.3 is 16.3 Å². The van der Waals surface area contributed by atoms with Gasteiger partial charge in [-0.1, -0.05) is 0 Å². The Kier molecular flexibility index (Phi) is 5.16. The molecule has 1 saturated heterocycles. The number of hydrogen-bond donors (Lipinski definition) is 2. The van der Waals surface area contributed by atoms with Crippen molar-refractivity contribution in [2.45, 2.75) is 25.3 Å². The van der Waals surface area contributed by atoms with Gasteiger partial charge in [0.25, 0.3) is 0 Å². The van der Waals surface area contributed by atoms with Gasteiger partial charge in [-0.15, -0.1) is 0 Å². The lowest BCUT2D eigenvalue weighted by atomic mass is 10.1. The van der Waals surface area contributed by atoms with Crippen molar-refractivity contribution in [3.63, 3.8) is 0 Å². The van der Waals surface area contributed by atoms with E-state index in [-0.39, 0.29) is 6.04 Å². The van der Waals surface area contributed by atoms with Crippen molar-refractivity contribution in [1.82, 2.24) is 14.3 Å². The van der Waals surface area contributed by atoms with Crippen LogP contribution in [0.2, 0.25) is 0 Å². The number of ether oxygens (including phenoxy) is 1. The third-order valence-electron chi connectivity index (χ3n) is 2.84. The van der Waals surface area contributed by atoms with Gasteiger partial charge in [-0.2, -0.15) is 12.7 Å². The molecule has 0 aromatic heterocycles. The SMILES string of the molecule is COC(=O)NS(=O)(=O)N(C)C1CCCNCC1. The second kappa shape index (κ2) is 6.18. The molecule has 0 spiro atoms. The smallest absolute Gasteiger partial charge is 0.421 e. The average Bonchev–Trinajstić information content (AvgIpc) is 2.55. The minimum absolute atomic E-state index is 0.0906. The average molecular weight is 265 g/mol. The first-order valence-electron chi connectivity index (χ1n) is 5.52. The summed E-state index contributed by atoms with van der Waals surface area (Å²) in [5, 5.41) is 3.20. The van der Waals surface area contributed by atoms with Crippen LogP contribution in [-0.2, 0) is 14.9 Å². The summed E-state index contributed by atoms with van der Waals surface area (Å²) < 4.78 is 30.9. The van der Waals surface area contributed by atoms with Crippen LogP contribution in [0, 0.1) is 0 Å². The molecule has 1 unspecified atom stereocenters. The summed E-state index contributed by atoms with van der Waals surface area (Å²) in [7, 11) is -1.21. The maximum Gasteiger partial charge on any atom is 0.421 e. The fourth-order valence-electron chi connectivity index (χ4n) is 1.78. The number of nitrogens with zero attached hydrogens (tertiary/aromatic N) is 1. The molecule has 1 aliphatic rings. The highest BCUT2D eigenvalue weighted by molar-refractivity contribution is 7.87. The summed E-state index contributed by atoms with van der Waals surface area (Å²) in [6.45, 7) is 1.68. The van der Waals surface area contributed by atoms with Crippen LogP contribution in [0.15, 0.2) is 0 Å². The molecule has 0 aromatic rings. The topological polar surface area (TPSA) is 87.7 Å². The molecule has 1 rings (SSSR count). The Morgan fingerprint density at radius 1 is 1.41 bits per heavy atom. The molecular weight excluding hydrogens is 246 g/mol. The quantitative estimate of drug-likeness (QED) is 0.729. The van der Waals surface area contributed by atoms with Gasteiger partial charge in [0.05, 0.1) is 7.11 Å². The number of nitrogens with one attached hydrogen (secondary N) is 2. The molecule has 0 radical (unpaired) electrons. The van der Waals surface area contributed by atoms with Gasteiger partial charge in [0, 0.05) is 13.1 Å². The normalized spacial score (nSPS) is 21.9. The van der Waals surface area contributed by atoms with Crippen molar-refractivity contribution in [3.05, 3.63) is 0 Å². The number of carbonyl (C=O) groups is 1. The van der Waals surface area contributed by atoms with Crippen LogP contribution in [0.3, 0.4) is 0 Å². The Hall–Kier alpha value is -0.860. The minimum atomic E-state index is -3.81. The third kappa shape index (κ3) is 4.14. The largest absolute Gasteiger partial charge is 0.452 e. The van der Waals surface area contributed by atoms with Crippen LogP contribution in [0.4, 0.5) is 4.79 Å². The molecule has 17 heavy (non-hydrogen) atoms. The van der Waals surface area contributed by atoms with E-state index in [1.807, 2.05) is 4.72 Å². The molecule has 100 valence electrons. The predicted octanol–water partition coefficient (Wildman–Crippen LogP) is -0.339. The maximum absolute atomic E-state index is 11.8. The first-order chi connectivity index (χ1) is 7.97.